The molecule has 0 spiro atoms. The van der Waals surface area contributed by atoms with E-state index in [9.17, 15) is 9.59 Å². The molecule has 0 unspecified atom stereocenters. The number of hydrogen-bond donors (Lipinski definition) is 1. The van der Waals surface area contributed by atoms with Gasteiger partial charge in [-0.2, -0.15) is 5.10 Å². The minimum atomic E-state index is -1.21. The third-order valence-corrected chi connectivity index (χ3v) is 4.39. The van der Waals surface area contributed by atoms with Gasteiger partial charge in [-0.3, -0.25) is 9.59 Å². The van der Waals surface area contributed by atoms with Gasteiger partial charge in [0.2, 0.25) is 0 Å². The maximum atomic E-state index is 13.0. The van der Waals surface area contributed by atoms with Gasteiger partial charge in [0.1, 0.15) is 11.3 Å². The number of nitrogens with one attached hydrogen (secondary N) is 1. The maximum Gasteiger partial charge on any atom is 0.267 e. The summed E-state index contributed by atoms with van der Waals surface area (Å²) in [6, 6.07) is 19.8. The van der Waals surface area contributed by atoms with Crippen LogP contribution in [0.15, 0.2) is 71.5 Å². The highest BCUT2D eigenvalue weighted by Gasteiger charge is 2.32. The van der Waals surface area contributed by atoms with Gasteiger partial charge in [0.15, 0.2) is 0 Å². The third kappa shape index (κ3) is 3.96. The molecule has 144 valence electrons. The zero-order valence-electron chi connectivity index (χ0n) is 16.2. The van der Waals surface area contributed by atoms with Crippen molar-refractivity contribution >= 4 is 11.6 Å². The number of carbonyl (C=O) groups excluding carboxylic acids is 1. The van der Waals surface area contributed by atoms with Crippen LogP contribution in [0.3, 0.4) is 0 Å². The molecule has 0 saturated heterocycles. The molecular weight excluding hydrogens is 354 g/mol. The first-order valence-corrected chi connectivity index (χ1v) is 9.13. The van der Waals surface area contributed by atoms with Crippen LogP contribution in [0.25, 0.3) is 11.3 Å². The number of carbonyl (C=O) groups is 1. The van der Waals surface area contributed by atoms with Crippen LogP contribution in [0.2, 0.25) is 0 Å². The number of aromatic nitrogens is 2. The smallest absolute Gasteiger partial charge is 0.267 e. The maximum absolute atomic E-state index is 13.0. The summed E-state index contributed by atoms with van der Waals surface area (Å²) >= 11 is 0. The highest BCUT2D eigenvalue weighted by molar-refractivity contribution is 5.97. The molecule has 0 radical (unpaired) electrons. The van der Waals surface area contributed by atoms with Crippen LogP contribution in [-0.4, -0.2) is 22.3 Å². The normalized spacial score (nSPS) is 11.1. The monoisotopic (exact) mass is 377 g/mol. The van der Waals surface area contributed by atoms with Crippen LogP contribution in [-0.2, 0) is 10.3 Å². The molecule has 0 bridgehead atoms. The predicted octanol–water partition coefficient (Wildman–Crippen LogP) is 3.68. The molecule has 3 aromatic rings. The standard InChI is InChI=1S/C22H23N3O3/c1-4-28-19-13-9-8-12-18(19)23-21(27)22(2,3)25-20(26)15-14-17(24-25)16-10-6-5-7-11-16/h5-15H,4H2,1-3H3,(H,23,27). The van der Waals surface area contributed by atoms with Crippen LogP contribution in [0, 0.1) is 0 Å². The van der Waals surface area contributed by atoms with Gasteiger partial charge in [-0.1, -0.05) is 42.5 Å². The summed E-state index contributed by atoms with van der Waals surface area (Å²) in [6.45, 7) is 5.68. The van der Waals surface area contributed by atoms with Crippen molar-refractivity contribution in [2.75, 3.05) is 11.9 Å². The number of para-hydroxylation sites is 2. The van der Waals surface area contributed by atoms with E-state index in [1.54, 1.807) is 32.0 Å². The second-order valence-electron chi connectivity index (χ2n) is 6.78. The lowest BCUT2D eigenvalue weighted by atomic mass is 10.0. The Morgan fingerprint density at radius 2 is 1.71 bits per heavy atom. The molecule has 0 aliphatic heterocycles. The summed E-state index contributed by atoms with van der Waals surface area (Å²) in [5.41, 5.74) is 0.485. The molecule has 6 heteroatoms. The highest BCUT2D eigenvalue weighted by atomic mass is 16.5. The summed E-state index contributed by atoms with van der Waals surface area (Å²) in [6.07, 6.45) is 0. The zero-order valence-corrected chi connectivity index (χ0v) is 16.2. The summed E-state index contributed by atoms with van der Waals surface area (Å²) < 4.78 is 6.77. The van der Waals surface area contributed by atoms with Crippen LogP contribution < -0.4 is 15.6 Å². The van der Waals surface area contributed by atoms with E-state index < -0.39 is 5.54 Å². The van der Waals surface area contributed by atoms with Crippen molar-refractivity contribution in [1.82, 2.24) is 9.78 Å². The first-order chi connectivity index (χ1) is 13.4. The number of ether oxygens (including phenoxy) is 1. The van der Waals surface area contributed by atoms with E-state index in [1.165, 1.54) is 10.7 Å². The fraction of sp³-hybridized carbons (Fsp3) is 0.227. The third-order valence-electron chi connectivity index (χ3n) is 4.39. The molecule has 0 atom stereocenters. The van der Waals surface area contributed by atoms with Crippen molar-refractivity contribution in [1.29, 1.82) is 0 Å². The van der Waals surface area contributed by atoms with Crippen molar-refractivity contribution in [2.45, 2.75) is 26.3 Å². The van der Waals surface area contributed by atoms with Crippen LogP contribution >= 0.6 is 0 Å². The second kappa shape index (κ2) is 8.08. The molecule has 2 aromatic carbocycles. The second-order valence-corrected chi connectivity index (χ2v) is 6.78. The molecule has 1 aromatic heterocycles. The zero-order chi connectivity index (χ0) is 20.1. The molecule has 1 heterocycles. The molecule has 3 rings (SSSR count). The van der Waals surface area contributed by atoms with E-state index in [0.717, 1.165) is 5.56 Å². The average Bonchev–Trinajstić information content (AvgIpc) is 2.70. The summed E-state index contributed by atoms with van der Waals surface area (Å²) in [7, 11) is 0. The number of benzene rings is 2. The number of nitrogens with zero attached hydrogens (tertiary/aromatic N) is 2. The topological polar surface area (TPSA) is 73.2 Å². The van der Waals surface area contributed by atoms with Crippen LogP contribution in [0.1, 0.15) is 20.8 Å². The Morgan fingerprint density at radius 1 is 1.04 bits per heavy atom. The van der Waals surface area contributed by atoms with E-state index in [2.05, 4.69) is 10.4 Å². The average molecular weight is 377 g/mol. The highest BCUT2D eigenvalue weighted by Crippen LogP contribution is 2.26. The molecule has 1 N–H and O–H groups in total. The predicted molar refractivity (Wildman–Crippen MR) is 109 cm³/mol. The van der Waals surface area contributed by atoms with E-state index in [-0.39, 0.29) is 11.5 Å². The van der Waals surface area contributed by atoms with Gasteiger partial charge in [-0.05, 0) is 39.0 Å². The Morgan fingerprint density at radius 3 is 2.43 bits per heavy atom. The first kappa shape index (κ1) is 19.4. The summed E-state index contributed by atoms with van der Waals surface area (Å²) in [5.74, 6) is 0.215. The molecular formula is C22H23N3O3. The molecule has 0 fully saturated rings. The SMILES string of the molecule is CCOc1ccccc1NC(=O)C(C)(C)n1nc(-c2ccccc2)ccc1=O. The van der Waals surface area contributed by atoms with Gasteiger partial charge in [-0.25, -0.2) is 4.68 Å². The minimum Gasteiger partial charge on any atom is -0.492 e. The fourth-order valence-corrected chi connectivity index (χ4v) is 2.80. The van der Waals surface area contributed by atoms with E-state index in [1.807, 2.05) is 49.4 Å². The molecule has 0 aliphatic carbocycles. The molecule has 28 heavy (non-hydrogen) atoms. The molecule has 0 saturated carbocycles. The number of amides is 1. The van der Waals surface area contributed by atoms with Gasteiger partial charge in [-0.15, -0.1) is 0 Å². The van der Waals surface area contributed by atoms with Crippen LogP contribution in [0.5, 0.6) is 5.75 Å². The Hall–Kier alpha value is -3.41. The van der Waals surface area contributed by atoms with Crippen molar-refractivity contribution in [3.8, 4) is 17.0 Å². The largest absolute Gasteiger partial charge is 0.492 e. The number of rotatable bonds is 6. The van der Waals surface area contributed by atoms with E-state index in [4.69, 9.17) is 4.74 Å². The van der Waals surface area contributed by atoms with E-state index >= 15 is 0 Å². The van der Waals surface area contributed by atoms with Crippen molar-refractivity contribution in [3.05, 3.63) is 77.1 Å². The lowest BCUT2D eigenvalue weighted by Gasteiger charge is -2.26. The molecule has 1 amide bonds. The van der Waals surface area contributed by atoms with Gasteiger partial charge in [0.05, 0.1) is 18.0 Å². The Kier molecular flexibility index (Phi) is 5.59. The quantitative estimate of drug-likeness (QED) is 0.711. The van der Waals surface area contributed by atoms with Gasteiger partial charge in [0, 0.05) is 11.6 Å². The van der Waals surface area contributed by atoms with Gasteiger partial charge >= 0.3 is 0 Å². The molecule has 6 nitrogen and oxygen atoms in total. The summed E-state index contributed by atoms with van der Waals surface area (Å²) in [5, 5.41) is 7.30. The summed E-state index contributed by atoms with van der Waals surface area (Å²) in [4.78, 5) is 25.5. The Labute approximate surface area is 163 Å². The first-order valence-electron chi connectivity index (χ1n) is 9.13. The van der Waals surface area contributed by atoms with E-state index in [0.29, 0.717) is 23.7 Å². The van der Waals surface area contributed by atoms with Crippen LogP contribution in [0.4, 0.5) is 5.69 Å². The minimum absolute atomic E-state index is 0.349. The van der Waals surface area contributed by atoms with Crippen molar-refractivity contribution in [2.24, 2.45) is 0 Å². The van der Waals surface area contributed by atoms with Gasteiger partial charge in [0.25, 0.3) is 11.5 Å². The number of anilines is 1. The van der Waals surface area contributed by atoms with Crippen molar-refractivity contribution < 1.29 is 9.53 Å². The Bertz CT molecular complexity index is 1030. The fourth-order valence-electron chi connectivity index (χ4n) is 2.80. The van der Waals surface area contributed by atoms with Crippen molar-refractivity contribution in [3.63, 3.8) is 0 Å². The van der Waals surface area contributed by atoms with Gasteiger partial charge < -0.3 is 10.1 Å². The number of hydrogen-bond acceptors (Lipinski definition) is 4. The lowest BCUT2D eigenvalue weighted by molar-refractivity contribution is -0.123. The Balaban J connectivity index is 1.94. The lowest BCUT2D eigenvalue weighted by Crippen LogP contribution is -2.47. The molecule has 0 aliphatic rings.